The molecular formula is C23H34N4O6S. The van der Waals surface area contributed by atoms with E-state index in [9.17, 15) is 18.0 Å². The number of ether oxygens (including phenoxy) is 2. The molecule has 2 N–H and O–H groups in total. The molecule has 1 saturated carbocycles. The van der Waals surface area contributed by atoms with Crippen molar-refractivity contribution in [3.63, 3.8) is 0 Å². The summed E-state index contributed by atoms with van der Waals surface area (Å²) >= 11 is 0. The van der Waals surface area contributed by atoms with Crippen molar-refractivity contribution in [3.05, 3.63) is 18.2 Å². The zero-order valence-corrected chi connectivity index (χ0v) is 20.4. The number of rotatable bonds is 5. The molecule has 0 spiro atoms. The quantitative estimate of drug-likeness (QED) is 0.638. The Labute approximate surface area is 201 Å². The van der Waals surface area contributed by atoms with E-state index in [1.807, 2.05) is 4.90 Å². The molecule has 0 unspecified atom stereocenters. The number of nitrogens with zero attached hydrogens (tertiary/aromatic N) is 2. The largest absolute Gasteiger partial charge is 0.490 e. The minimum atomic E-state index is -3.69. The minimum absolute atomic E-state index is 0.0472. The number of imide groups is 1. The summed E-state index contributed by atoms with van der Waals surface area (Å²) in [5, 5.41) is 5.32. The highest BCUT2D eigenvalue weighted by Gasteiger charge is 2.30. The Morgan fingerprint density at radius 3 is 2.44 bits per heavy atom. The maximum atomic E-state index is 13.1. The van der Waals surface area contributed by atoms with Gasteiger partial charge in [0.1, 0.15) is 0 Å². The maximum Gasteiger partial charge on any atom is 0.321 e. The first-order valence-electron chi connectivity index (χ1n) is 12.1. The number of benzene rings is 1. The third-order valence-electron chi connectivity index (χ3n) is 6.74. The van der Waals surface area contributed by atoms with Crippen LogP contribution in [0.3, 0.4) is 0 Å². The van der Waals surface area contributed by atoms with Crippen molar-refractivity contribution in [2.45, 2.75) is 50.0 Å². The highest BCUT2D eigenvalue weighted by Crippen LogP contribution is 2.33. The molecule has 1 saturated heterocycles. The third kappa shape index (κ3) is 6.00. The average molecular weight is 495 g/mol. The van der Waals surface area contributed by atoms with Crippen molar-refractivity contribution in [3.8, 4) is 11.5 Å². The first-order chi connectivity index (χ1) is 16.3. The Morgan fingerprint density at radius 2 is 1.71 bits per heavy atom. The van der Waals surface area contributed by atoms with E-state index in [1.54, 1.807) is 6.07 Å². The molecular weight excluding hydrogens is 460 g/mol. The monoisotopic (exact) mass is 494 g/mol. The van der Waals surface area contributed by atoms with E-state index in [0.29, 0.717) is 43.7 Å². The highest BCUT2D eigenvalue weighted by atomic mass is 32.2. The predicted octanol–water partition coefficient (Wildman–Crippen LogP) is 1.56. The van der Waals surface area contributed by atoms with Crippen LogP contribution in [-0.2, 0) is 14.8 Å². The molecule has 3 amide bonds. The number of nitrogens with one attached hydrogen (secondary N) is 2. The zero-order chi connectivity index (χ0) is 24.1. The summed E-state index contributed by atoms with van der Waals surface area (Å²) in [6.45, 7) is 4.50. The number of hydrogen-bond donors (Lipinski definition) is 2. The van der Waals surface area contributed by atoms with Gasteiger partial charge in [0.2, 0.25) is 15.9 Å². The van der Waals surface area contributed by atoms with E-state index in [1.165, 1.54) is 22.9 Å². The maximum absolute atomic E-state index is 13.1. The van der Waals surface area contributed by atoms with Crippen LogP contribution in [0.5, 0.6) is 11.5 Å². The molecule has 1 aliphatic carbocycles. The molecule has 188 valence electrons. The normalized spacial score (nSPS) is 24.1. The second kappa shape index (κ2) is 10.9. The molecule has 34 heavy (non-hydrogen) atoms. The number of hydrogen-bond acceptors (Lipinski definition) is 7. The summed E-state index contributed by atoms with van der Waals surface area (Å²) in [5.41, 5.74) is 0. The van der Waals surface area contributed by atoms with Gasteiger partial charge in [-0.1, -0.05) is 19.8 Å². The Bertz CT molecular complexity index is 993. The molecule has 10 nitrogen and oxygen atoms in total. The molecule has 0 aromatic heterocycles. The van der Waals surface area contributed by atoms with Gasteiger partial charge in [0.25, 0.3) is 0 Å². The predicted molar refractivity (Wildman–Crippen MR) is 125 cm³/mol. The van der Waals surface area contributed by atoms with Gasteiger partial charge in [-0.25, -0.2) is 13.2 Å². The minimum Gasteiger partial charge on any atom is -0.490 e. The van der Waals surface area contributed by atoms with E-state index in [2.05, 4.69) is 17.6 Å². The number of amides is 3. The van der Waals surface area contributed by atoms with Gasteiger partial charge in [-0.3, -0.25) is 15.0 Å². The van der Waals surface area contributed by atoms with Crippen molar-refractivity contribution in [1.29, 1.82) is 0 Å². The van der Waals surface area contributed by atoms with E-state index in [0.717, 1.165) is 25.7 Å². The number of sulfonamides is 1. The van der Waals surface area contributed by atoms with Crippen LogP contribution in [0.1, 0.15) is 39.0 Å². The molecule has 2 heterocycles. The second-order valence-corrected chi connectivity index (χ2v) is 11.2. The molecule has 2 aliphatic heterocycles. The Balaban J connectivity index is 1.26. The van der Waals surface area contributed by atoms with Crippen LogP contribution in [0.25, 0.3) is 0 Å². The Morgan fingerprint density at radius 1 is 1.00 bits per heavy atom. The van der Waals surface area contributed by atoms with E-state index >= 15 is 0 Å². The first-order valence-corrected chi connectivity index (χ1v) is 13.5. The van der Waals surface area contributed by atoms with Crippen molar-refractivity contribution < 1.29 is 27.5 Å². The number of carbonyl (C=O) groups excluding carboxylic acids is 2. The second-order valence-electron chi connectivity index (χ2n) is 9.23. The van der Waals surface area contributed by atoms with Crippen LogP contribution in [0.2, 0.25) is 0 Å². The van der Waals surface area contributed by atoms with E-state index in [-0.39, 0.29) is 36.5 Å². The summed E-state index contributed by atoms with van der Waals surface area (Å²) in [4.78, 5) is 26.6. The van der Waals surface area contributed by atoms with Gasteiger partial charge in [-0.05, 0) is 30.9 Å². The summed E-state index contributed by atoms with van der Waals surface area (Å²) in [6, 6.07) is 4.32. The smallest absolute Gasteiger partial charge is 0.321 e. The van der Waals surface area contributed by atoms with Gasteiger partial charge in [-0.2, -0.15) is 4.31 Å². The first kappa shape index (κ1) is 24.7. The standard InChI is InChI=1S/C23H34N4O6S/c1-17-5-2-3-6-19(17)24-23(29)25-22(28)16-26-9-11-27(12-10-26)34(30,31)18-7-8-20-21(15-18)33-14-4-13-32-20/h7-8,15,17,19H,2-6,9-14,16H2,1H3,(H2,24,25,28,29)/t17-,19-/m1/s1. The van der Waals surface area contributed by atoms with E-state index < -0.39 is 16.1 Å². The number of carbonyl (C=O) groups is 2. The molecule has 1 aromatic carbocycles. The SMILES string of the molecule is C[C@@H]1CCCC[C@H]1NC(=O)NC(=O)CN1CCN(S(=O)(=O)c2ccc3c(c2)OCCCO3)CC1. The summed E-state index contributed by atoms with van der Waals surface area (Å²) < 4.78 is 38.9. The number of fused-ring (bicyclic) bond motifs is 1. The average Bonchev–Trinajstić information content (AvgIpc) is 3.06. The lowest BCUT2D eigenvalue weighted by molar-refractivity contribution is -0.121. The topological polar surface area (TPSA) is 117 Å². The van der Waals surface area contributed by atoms with Crippen LogP contribution in [0.15, 0.2) is 23.1 Å². The fourth-order valence-corrected chi connectivity index (χ4v) is 6.12. The van der Waals surface area contributed by atoms with Crippen LogP contribution in [0, 0.1) is 5.92 Å². The summed E-state index contributed by atoms with van der Waals surface area (Å²) in [5.74, 6) is 1.01. The highest BCUT2D eigenvalue weighted by molar-refractivity contribution is 7.89. The fourth-order valence-electron chi connectivity index (χ4n) is 4.69. The molecule has 1 aromatic rings. The van der Waals surface area contributed by atoms with Gasteiger partial charge in [0.15, 0.2) is 11.5 Å². The van der Waals surface area contributed by atoms with Crippen molar-refractivity contribution in [2.75, 3.05) is 45.9 Å². The number of piperazine rings is 1. The lowest BCUT2D eigenvalue weighted by Gasteiger charge is -2.33. The zero-order valence-electron chi connectivity index (χ0n) is 19.6. The van der Waals surface area contributed by atoms with Gasteiger partial charge < -0.3 is 14.8 Å². The van der Waals surface area contributed by atoms with Gasteiger partial charge in [-0.15, -0.1) is 0 Å². The van der Waals surface area contributed by atoms with Crippen LogP contribution in [0.4, 0.5) is 4.79 Å². The van der Waals surface area contributed by atoms with Gasteiger partial charge >= 0.3 is 6.03 Å². The molecule has 0 radical (unpaired) electrons. The lowest BCUT2D eigenvalue weighted by atomic mass is 9.86. The molecule has 0 bridgehead atoms. The molecule has 4 rings (SSSR count). The molecule has 2 fully saturated rings. The lowest BCUT2D eigenvalue weighted by Crippen LogP contribution is -2.53. The fraction of sp³-hybridized carbons (Fsp3) is 0.652. The van der Waals surface area contributed by atoms with Crippen LogP contribution in [-0.4, -0.2) is 81.5 Å². The summed E-state index contributed by atoms with van der Waals surface area (Å²) in [7, 11) is -3.69. The number of urea groups is 1. The Kier molecular flexibility index (Phi) is 7.95. The van der Waals surface area contributed by atoms with Crippen LogP contribution >= 0.6 is 0 Å². The van der Waals surface area contributed by atoms with Gasteiger partial charge in [0, 0.05) is 44.7 Å². The van der Waals surface area contributed by atoms with Gasteiger partial charge in [0.05, 0.1) is 24.7 Å². The summed E-state index contributed by atoms with van der Waals surface area (Å²) in [6.07, 6.45) is 5.02. The molecule has 2 atom stereocenters. The van der Waals surface area contributed by atoms with Crippen LogP contribution < -0.4 is 20.1 Å². The van der Waals surface area contributed by atoms with E-state index in [4.69, 9.17) is 9.47 Å². The van der Waals surface area contributed by atoms with Crippen molar-refractivity contribution >= 4 is 22.0 Å². The third-order valence-corrected chi connectivity index (χ3v) is 8.63. The Hall–Kier alpha value is -2.37. The molecule has 11 heteroatoms. The van der Waals surface area contributed by atoms with Crippen molar-refractivity contribution in [2.24, 2.45) is 5.92 Å². The molecule has 3 aliphatic rings. The van der Waals surface area contributed by atoms with Crippen molar-refractivity contribution in [1.82, 2.24) is 19.8 Å².